The number of nitrogens with one attached hydrogen (secondary N) is 1. The van der Waals surface area contributed by atoms with Crippen LogP contribution < -0.4 is 5.32 Å². The molecule has 0 radical (unpaired) electrons. The fraction of sp³-hybridized carbons (Fsp3) is 0.125. The Morgan fingerprint density at radius 3 is 2.67 bits per heavy atom. The third kappa shape index (κ3) is 4.41. The molecule has 0 aliphatic carbocycles. The molecule has 1 unspecified atom stereocenters. The third-order valence-corrected chi connectivity index (χ3v) is 5.15. The monoisotopic (exact) mass is 404 g/mol. The van der Waals surface area contributed by atoms with E-state index in [0.29, 0.717) is 5.16 Å². The normalized spacial score (nSPS) is 11.8. The molecule has 0 saturated heterocycles. The van der Waals surface area contributed by atoms with Gasteiger partial charge in [0.05, 0.1) is 4.92 Å². The van der Waals surface area contributed by atoms with Crippen LogP contribution in [0.3, 0.4) is 0 Å². The molecule has 0 fully saturated rings. The molecule has 9 nitrogen and oxygen atoms in total. The van der Waals surface area contributed by atoms with Gasteiger partial charge in [-0.05, 0) is 28.1 Å². The molecule has 2 aromatic carbocycles. The summed E-state index contributed by atoms with van der Waals surface area (Å²) < 4.78 is 1.46. The molecule has 0 aliphatic heterocycles. The van der Waals surface area contributed by atoms with Crippen LogP contribution in [0, 0.1) is 10.1 Å². The summed E-state index contributed by atoms with van der Waals surface area (Å²) in [5.74, 6) is -0.370. The summed E-state index contributed by atoms with van der Waals surface area (Å²) in [5, 5.41) is 24.8. The lowest BCUT2D eigenvalue weighted by Gasteiger charge is -2.16. The van der Waals surface area contributed by atoms with Crippen LogP contribution in [0.5, 0.6) is 0 Å². The van der Waals surface area contributed by atoms with Crippen molar-refractivity contribution < 1.29 is 9.72 Å². The predicted octanol–water partition coefficient (Wildman–Crippen LogP) is 3.24. The molecule has 1 aromatic heterocycles. The van der Waals surface area contributed by atoms with Crippen molar-refractivity contribution in [2.24, 2.45) is 7.05 Å². The van der Waals surface area contributed by atoms with Gasteiger partial charge >= 0.3 is 0 Å². The van der Waals surface area contributed by atoms with Crippen molar-refractivity contribution in [3.05, 3.63) is 69.2 Å². The number of hydrogen-bond acceptors (Lipinski definition) is 7. The number of nitrogens with zero attached hydrogens (tertiary/aromatic N) is 5. The Labute approximate surface area is 162 Å². The number of anilines is 1. The van der Waals surface area contributed by atoms with Crippen molar-refractivity contribution >= 4 is 40.6 Å². The minimum Gasteiger partial charge on any atom is -0.325 e. The summed E-state index contributed by atoms with van der Waals surface area (Å²) in [6, 6.07) is 13.2. The summed E-state index contributed by atoms with van der Waals surface area (Å²) in [6.45, 7) is 0. The summed E-state index contributed by atoms with van der Waals surface area (Å²) >= 11 is 6.99. The fourth-order valence-corrected chi connectivity index (χ4v) is 3.39. The quantitative estimate of drug-likeness (QED) is 0.380. The minimum atomic E-state index is -0.661. The van der Waals surface area contributed by atoms with Crippen LogP contribution in [0.4, 0.5) is 11.4 Å². The van der Waals surface area contributed by atoms with Crippen LogP contribution in [0.2, 0.25) is 5.02 Å². The minimum absolute atomic E-state index is 0.00265. The zero-order valence-electron chi connectivity index (χ0n) is 13.9. The summed E-state index contributed by atoms with van der Waals surface area (Å²) in [5.41, 5.74) is 0.732. The number of nitro groups is 1. The molecule has 1 atom stereocenters. The second kappa shape index (κ2) is 8.14. The first kappa shape index (κ1) is 18.8. The fourth-order valence-electron chi connectivity index (χ4n) is 2.27. The van der Waals surface area contributed by atoms with Crippen LogP contribution in [0.25, 0.3) is 0 Å². The molecular weight excluding hydrogens is 392 g/mol. The zero-order valence-corrected chi connectivity index (χ0v) is 15.5. The van der Waals surface area contributed by atoms with Gasteiger partial charge in [-0.15, -0.1) is 5.10 Å². The van der Waals surface area contributed by atoms with Crippen molar-refractivity contribution in [3.63, 3.8) is 0 Å². The molecular formula is C16H13ClN6O3S. The number of carbonyl (C=O) groups is 1. The number of thioether (sulfide) groups is 1. The van der Waals surface area contributed by atoms with E-state index in [0.717, 1.165) is 5.56 Å². The van der Waals surface area contributed by atoms with Crippen molar-refractivity contribution in [1.82, 2.24) is 20.2 Å². The number of carbonyl (C=O) groups excluding carboxylic acids is 1. The van der Waals surface area contributed by atoms with Gasteiger partial charge in [0.25, 0.3) is 5.69 Å². The van der Waals surface area contributed by atoms with Gasteiger partial charge in [-0.2, -0.15) is 0 Å². The second-order valence-corrected chi connectivity index (χ2v) is 6.89. The molecule has 138 valence electrons. The van der Waals surface area contributed by atoms with E-state index >= 15 is 0 Å². The first-order valence-electron chi connectivity index (χ1n) is 7.64. The number of benzene rings is 2. The van der Waals surface area contributed by atoms with Crippen molar-refractivity contribution in [2.75, 3.05) is 5.32 Å². The van der Waals surface area contributed by atoms with Crippen molar-refractivity contribution in [1.29, 1.82) is 0 Å². The van der Waals surface area contributed by atoms with Crippen LogP contribution >= 0.6 is 23.4 Å². The Bertz CT molecular complexity index is 981. The highest BCUT2D eigenvalue weighted by Gasteiger charge is 2.25. The molecule has 3 rings (SSSR count). The van der Waals surface area contributed by atoms with Crippen molar-refractivity contribution in [2.45, 2.75) is 10.4 Å². The highest BCUT2D eigenvalue weighted by molar-refractivity contribution is 8.00. The average Bonchev–Trinajstić information content (AvgIpc) is 3.06. The molecule has 0 aliphatic rings. The standard InChI is InChI=1S/C16H13ClN6O3S/c1-22-16(19-20-21-22)27-14(10-5-3-2-4-6-10)15(24)18-11-7-8-12(17)13(9-11)23(25)26/h2-9,14H,1H3,(H,18,24). The van der Waals surface area contributed by atoms with E-state index in [4.69, 9.17) is 11.6 Å². The highest BCUT2D eigenvalue weighted by Crippen LogP contribution is 2.35. The van der Waals surface area contributed by atoms with E-state index in [1.807, 2.05) is 30.3 Å². The first-order valence-corrected chi connectivity index (χ1v) is 8.90. The maximum Gasteiger partial charge on any atom is 0.289 e. The van der Waals surface area contributed by atoms with Gasteiger partial charge in [-0.3, -0.25) is 14.9 Å². The van der Waals surface area contributed by atoms with Gasteiger partial charge in [0.2, 0.25) is 11.1 Å². The van der Waals surface area contributed by atoms with E-state index in [-0.39, 0.29) is 22.3 Å². The Hall–Kier alpha value is -2.98. The number of tetrazole rings is 1. The molecule has 0 saturated carbocycles. The van der Waals surface area contributed by atoms with E-state index in [2.05, 4.69) is 20.8 Å². The number of aryl methyl sites for hydroxylation is 1. The van der Waals surface area contributed by atoms with E-state index < -0.39 is 10.2 Å². The number of nitro benzene ring substituents is 1. The average molecular weight is 405 g/mol. The highest BCUT2D eigenvalue weighted by atomic mass is 35.5. The van der Waals surface area contributed by atoms with Crippen LogP contribution in [0.1, 0.15) is 10.8 Å². The maximum atomic E-state index is 12.9. The summed E-state index contributed by atoms with van der Waals surface area (Å²) in [4.78, 5) is 23.3. The van der Waals surface area contributed by atoms with Crippen LogP contribution in [0.15, 0.2) is 53.7 Å². The smallest absolute Gasteiger partial charge is 0.289 e. The van der Waals surface area contributed by atoms with Gasteiger partial charge in [0.1, 0.15) is 10.3 Å². The second-order valence-electron chi connectivity index (χ2n) is 5.41. The molecule has 3 aromatic rings. The predicted molar refractivity (Wildman–Crippen MR) is 101 cm³/mol. The van der Waals surface area contributed by atoms with Crippen LogP contribution in [-0.2, 0) is 11.8 Å². The lowest BCUT2D eigenvalue weighted by molar-refractivity contribution is -0.384. The molecule has 0 bridgehead atoms. The zero-order chi connectivity index (χ0) is 19.4. The third-order valence-electron chi connectivity index (χ3n) is 3.56. The Balaban J connectivity index is 1.88. The molecule has 0 spiro atoms. The van der Waals surface area contributed by atoms with E-state index in [1.54, 1.807) is 7.05 Å². The summed E-state index contributed by atoms with van der Waals surface area (Å²) in [6.07, 6.45) is 0. The number of aromatic nitrogens is 4. The number of halogens is 1. The summed E-state index contributed by atoms with van der Waals surface area (Å²) in [7, 11) is 1.67. The van der Waals surface area contributed by atoms with Gasteiger partial charge in [0.15, 0.2) is 0 Å². The van der Waals surface area contributed by atoms with E-state index in [1.165, 1.54) is 34.6 Å². The lowest BCUT2D eigenvalue weighted by atomic mass is 10.1. The molecule has 27 heavy (non-hydrogen) atoms. The van der Waals surface area contributed by atoms with E-state index in [9.17, 15) is 14.9 Å². The maximum absolute atomic E-state index is 12.9. The number of amides is 1. The van der Waals surface area contributed by atoms with Crippen LogP contribution in [-0.4, -0.2) is 31.0 Å². The lowest BCUT2D eigenvalue weighted by Crippen LogP contribution is -2.19. The number of rotatable bonds is 6. The first-order chi connectivity index (χ1) is 13.0. The molecule has 1 amide bonds. The van der Waals surface area contributed by atoms with Gasteiger partial charge in [-0.1, -0.05) is 53.7 Å². The van der Waals surface area contributed by atoms with Gasteiger partial charge in [0, 0.05) is 18.8 Å². The Morgan fingerprint density at radius 1 is 1.30 bits per heavy atom. The van der Waals surface area contributed by atoms with Gasteiger partial charge < -0.3 is 5.32 Å². The largest absolute Gasteiger partial charge is 0.325 e. The number of hydrogen-bond donors (Lipinski definition) is 1. The molecule has 1 N–H and O–H groups in total. The van der Waals surface area contributed by atoms with Gasteiger partial charge in [-0.25, -0.2) is 4.68 Å². The van der Waals surface area contributed by atoms with Crippen molar-refractivity contribution in [3.8, 4) is 0 Å². The Morgan fingerprint density at radius 2 is 2.04 bits per heavy atom. The molecule has 11 heteroatoms. The SMILES string of the molecule is Cn1nnnc1SC(C(=O)Nc1ccc(Cl)c([N+](=O)[O-])c1)c1ccccc1. The topological polar surface area (TPSA) is 116 Å². The Kier molecular flexibility index (Phi) is 5.67. The molecule has 1 heterocycles.